The fraction of sp³-hybridized carbons (Fsp3) is 0.929. The van der Waals surface area contributed by atoms with E-state index in [0.717, 1.165) is 13.1 Å². The van der Waals surface area contributed by atoms with Crippen molar-refractivity contribution >= 4 is 0 Å². The third-order valence-electron chi connectivity index (χ3n) is 2.88. The molecule has 1 radical (unpaired) electrons. The van der Waals surface area contributed by atoms with Crippen LogP contribution >= 0.6 is 0 Å². The van der Waals surface area contributed by atoms with E-state index in [-0.39, 0.29) is 0 Å². The molecule has 0 atom stereocenters. The van der Waals surface area contributed by atoms with Gasteiger partial charge in [-0.3, -0.25) is 0 Å². The lowest BCUT2D eigenvalue weighted by Crippen LogP contribution is -2.13. The van der Waals surface area contributed by atoms with Gasteiger partial charge >= 0.3 is 0 Å². The fourth-order valence-electron chi connectivity index (χ4n) is 1.86. The van der Waals surface area contributed by atoms with Gasteiger partial charge in [0, 0.05) is 0 Å². The van der Waals surface area contributed by atoms with E-state index in [1.807, 2.05) is 0 Å². The van der Waals surface area contributed by atoms with E-state index >= 15 is 0 Å². The first-order valence-electron chi connectivity index (χ1n) is 6.91. The molecule has 0 fully saturated rings. The molecule has 0 aliphatic rings. The number of hydrogen-bond donors (Lipinski definition) is 1. The van der Waals surface area contributed by atoms with E-state index in [9.17, 15) is 0 Å². The van der Waals surface area contributed by atoms with Crippen molar-refractivity contribution in [1.82, 2.24) is 5.32 Å². The Bertz CT molecular complexity index is 89.5. The zero-order valence-corrected chi connectivity index (χ0v) is 10.7. The van der Waals surface area contributed by atoms with Crippen LogP contribution in [0.15, 0.2) is 0 Å². The van der Waals surface area contributed by atoms with Gasteiger partial charge in [0.2, 0.25) is 0 Å². The van der Waals surface area contributed by atoms with Crippen molar-refractivity contribution in [2.45, 2.75) is 71.1 Å². The van der Waals surface area contributed by atoms with Crippen LogP contribution in [0.1, 0.15) is 71.1 Å². The largest absolute Gasteiger partial charge is 0.317 e. The standard InChI is InChI=1S/C14H30N/c1-3-5-6-7-8-9-10-11-12-13-14-15-4-2/h15H,2-14H2,1H3. The van der Waals surface area contributed by atoms with E-state index in [0.29, 0.717) is 0 Å². The van der Waals surface area contributed by atoms with Crippen LogP contribution in [0.4, 0.5) is 0 Å². The highest BCUT2D eigenvalue weighted by Gasteiger charge is 1.91. The molecule has 0 aliphatic carbocycles. The monoisotopic (exact) mass is 212 g/mol. The Morgan fingerprint density at radius 3 is 1.67 bits per heavy atom. The summed E-state index contributed by atoms with van der Waals surface area (Å²) in [5, 5.41) is 3.26. The average Bonchev–Trinajstić information content (AvgIpc) is 2.26. The van der Waals surface area contributed by atoms with E-state index < -0.39 is 0 Å². The predicted molar refractivity (Wildman–Crippen MR) is 70.1 cm³/mol. The third kappa shape index (κ3) is 14.0. The second-order valence-electron chi connectivity index (χ2n) is 4.43. The summed E-state index contributed by atoms with van der Waals surface area (Å²) in [7, 11) is 0. The SMILES string of the molecule is [CH2]CNCCCCCCCCCCCC. The van der Waals surface area contributed by atoms with Gasteiger partial charge in [0.05, 0.1) is 0 Å². The summed E-state index contributed by atoms with van der Waals surface area (Å²) in [6, 6.07) is 0. The summed E-state index contributed by atoms with van der Waals surface area (Å²) < 4.78 is 0. The quantitative estimate of drug-likeness (QED) is 0.475. The highest BCUT2D eigenvalue weighted by molar-refractivity contribution is 4.50. The van der Waals surface area contributed by atoms with E-state index in [1.54, 1.807) is 0 Å². The molecule has 0 rings (SSSR count). The van der Waals surface area contributed by atoms with Gasteiger partial charge in [0.25, 0.3) is 0 Å². The lowest BCUT2D eigenvalue weighted by atomic mass is 10.1. The molecule has 15 heavy (non-hydrogen) atoms. The number of nitrogens with one attached hydrogen (secondary N) is 1. The lowest BCUT2D eigenvalue weighted by molar-refractivity contribution is 0.548. The molecular weight excluding hydrogens is 182 g/mol. The summed E-state index contributed by atoms with van der Waals surface area (Å²) in [5.74, 6) is 0. The van der Waals surface area contributed by atoms with Crippen molar-refractivity contribution in [3.63, 3.8) is 0 Å². The molecule has 0 bridgehead atoms. The second kappa shape index (κ2) is 14.0. The first-order valence-corrected chi connectivity index (χ1v) is 6.91. The molecule has 0 aromatic heterocycles. The molecule has 1 N–H and O–H groups in total. The molecule has 1 heteroatoms. The van der Waals surface area contributed by atoms with Crippen LogP contribution in [-0.4, -0.2) is 13.1 Å². The van der Waals surface area contributed by atoms with Crippen molar-refractivity contribution in [3.8, 4) is 0 Å². The second-order valence-corrected chi connectivity index (χ2v) is 4.43. The summed E-state index contributed by atoms with van der Waals surface area (Å²) in [6.07, 6.45) is 14.2. The molecule has 0 aromatic rings. The molecule has 0 amide bonds. The predicted octanol–water partition coefficient (Wildman–Crippen LogP) is 4.33. The van der Waals surface area contributed by atoms with Crippen LogP contribution in [-0.2, 0) is 0 Å². The van der Waals surface area contributed by atoms with Crippen molar-refractivity contribution < 1.29 is 0 Å². The number of rotatable bonds is 12. The Labute approximate surface area is 97.0 Å². The van der Waals surface area contributed by atoms with Gasteiger partial charge in [-0.05, 0) is 26.4 Å². The van der Waals surface area contributed by atoms with Crippen LogP contribution in [0.5, 0.6) is 0 Å². The van der Waals surface area contributed by atoms with Gasteiger partial charge in [0.15, 0.2) is 0 Å². The van der Waals surface area contributed by atoms with Crippen LogP contribution in [0, 0.1) is 6.92 Å². The molecule has 0 aromatic carbocycles. The first-order chi connectivity index (χ1) is 7.41. The van der Waals surface area contributed by atoms with Gasteiger partial charge < -0.3 is 5.32 Å². The van der Waals surface area contributed by atoms with E-state index in [2.05, 4.69) is 19.2 Å². The Morgan fingerprint density at radius 1 is 0.733 bits per heavy atom. The highest BCUT2D eigenvalue weighted by atomic mass is 14.8. The average molecular weight is 212 g/mol. The van der Waals surface area contributed by atoms with Crippen molar-refractivity contribution in [1.29, 1.82) is 0 Å². The summed E-state index contributed by atoms with van der Waals surface area (Å²) in [5.41, 5.74) is 0. The lowest BCUT2D eigenvalue weighted by Gasteiger charge is -2.02. The van der Waals surface area contributed by atoms with Gasteiger partial charge in [0.1, 0.15) is 0 Å². The zero-order chi connectivity index (χ0) is 11.2. The van der Waals surface area contributed by atoms with Crippen molar-refractivity contribution in [2.75, 3.05) is 13.1 Å². The molecule has 91 valence electrons. The third-order valence-corrected chi connectivity index (χ3v) is 2.88. The van der Waals surface area contributed by atoms with Gasteiger partial charge in [-0.1, -0.05) is 64.7 Å². The Balaban J connectivity index is 2.81. The Morgan fingerprint density at radius 2 is 1.20 bits per heavy atom. The Kier molecular flexibility index (Phi) is 13.9. The number of unbranched alkanes of at least 4 members (excludes halogenated alkanes) is 9. The molecule has 0 unspecified atom stereocenters. The summed E-state index contributed by atoms with van der Waals surface area (Å²) in [6.45, 7) is 8.06. The molecule has 0 saturated heterocycles. The number of hydrogen-bond acceptors (Lipinski definition) is 1. The maximum absolute atomic E-state index is 3.76. The van der Waals surface area contributed by atoms with Crippen molar-refractivity contribution in [2.24, 2.45) is 0 Å². The van der Waals surface area contributed by atoms with Crippen LogP contribution < -0.4 is 5.32 Å². The summed E-state index contributed by atoms with van der Waals surface area (Å²) in [4.78, 5) is 0. The normalized spacial score (nSPS) is 10.8. The molecule has 0 saturated carbocycles. The maximum atomic E-state index is 3.76. The van der Waals surface area contributed by atoms with Crippen molar-refractivity contribution in [3.05, 3.63) is 6.92 Å². The molecule has 1 nitrogen and oxygen atoms in total. The minimum Gasteiger partial charge on any atom is -0.317 e. The van der Waals surface area contributed by atoms with Gasteiger partial charge in [-0.2, -0.15) is 0 Å². The minimum atomic E-state index is 0.872. The maximum Gasteiger partial charge on any atom is -0.00484 e. The van der Waals surface area contributed by atoms with Crippen LogP contribution in [0.25, 0.3) is 0 Å². The minimum absolute atomic E-state index is 0.872. The van der Waals surface area contributed by atoms with Gasteiger partial charge in [-0.15, -0.1) is 0 Å². The molecule has 0 heterocycles. The Hall–Kier alpha value is -0.0400. The molecule has 0 aliphatic heterocycles. The summed E-state index contributed by atoms with van der Waals surface area (Å²) >= 11 is 0. The first kappa shape index (κ1) is 15.0. The van der Waals surface area contributed by atoms with E-state index in [4.69, 9.17) is 0 Å². The fourth-order valence-corrected chi connectivity index (χ4v) is 1.86. The molecule has 0 spiro atoms. The smallest absolute Gasteiger partial charge is 0.00484 e. The van der Waals surface area contributed by atoms with Crippen LogP contribution in [0.2, 0.25) is 0 Å². The zero-order valence-electron chi connectivity index (χ0n) is 10.7. The topological polar surface area (TPSA) is 12.0 Å². The highest BCUT2D eigenvalue weighted by Crippen LogP contribution is 2.10. The molecular formula is C14H30N. The van der Waals surface area contributed by atoms with Gasteiger partial charge in [-0.25, -0.2) is 0 Å². The van der Waals surface area contributed by atoms with Crippen LogP contribution in [0.3, 0.4) is 0 Å². The van der Waals surface area contributed by atoms with E-state index in [1.165, 1.54) is 64.2 Å².